The van der Waals surface area contributed by atoms with Crippen LogP contribution >= 0.6 is 11.6 Å². The van der Waals surface area contributed by atoms with Crippen LogP contribution in [0, 0.1) is 5.92 Å². The second-order valence-electron chi connectivity index (χ2n) is 8.71. The second-order valence-corrected chi connectivity index (χ2v) is 9.12. The summed E-state index contributed by atoms with van der Waals surface area (Å²) in [4.78, 5) is 18.9. The Morgan fingerprint density at radius 3 is 2.84 bits per heavy atom. The van der Waals surface area contributed by atoms with Gasteiger partial charge in [0.15, 0.2) is 0 Å². The molecule has 1 unspecified atom stereocenters. The number of carbonyl (C=O) groups is 1. The highest BCUT2D eigenvalue weighted by atomic mass is 35.5. The van der Waals surface area contributed by atoms with Crippen LogP contribution in [0.4, 0.5) is 0 Å². The maximum Gasteiger partial charge on any atom is 0.227 e. The molecule has 0 aliphatic heterocycles. The summed E-state index contributed by atoms with van der Waals surface area (Å²) in [6.45, 7) is 1.59. The van der Waals surface area contributed by atoms with E-state index in [0.717, 1.165) is 54.3 Å². The summed E-state index contributed by atoms with van der Waals surface area (Å²) in [5.41, 5.74) is 10.6. The summed E-state index contributed by atoms with van der Waals surface area (Å²) >= 11 is 6.54. The van der Waals surface area contributed by atoms with Crippen LogP contribution in [0.5, 0.6) is 0 Å². The van der Waals surface area contributed by atoms with E-state index in [4.69, 9.17) is 22.1 Å². The number of carbonyl (C=O) groups excluding carboxylic acids is 1. The molecule has 0 bridgehead atoms. The lowest BCUT2D eigenvalue weighted by Gasteiger charge is -2.28. The number of nitrogens with two attached hydrogens (primary N) is 1. The molecule has 0 spiro atoms. The summed E-state index contributed by atoms with van der Waals surface area (Å²) in [6.07, 6.45) is 6.55. The van der Waals surface area contributed by atoms with Crippen molar-refractivity contribution >= 4 is 28.4 Å². The van der Waals surface area contributed by atoms with Crippen molar-refractivity contribution in [3.05, 3.63) is 70.4 Å². The van der Waals surface area contributed by atoms with Gasteiger partial charge in [0.05, 0.1) is 5.92 Å². The highest BCUT2D eigenvalue weighted by Gasteiger charge is 2.36. The normalized spacial score (nSPS) is 14.6. The molecule has 32 heavy (non-hydrogen) atoms. The quantitative estimate of drug-likeness (QED) is 0.413. The van der Waals surface area contributed by atoms with Crippen molar-refractivity contribution in [3.63, 3.8) is 0 Å². The summed E-state index contributed by atoms with van der Waals surface area (Å²) in [7, 11) is 1.72. The molecule has 4 rings (SSSR count). The first kappa shape index (κ1) is 22.8. The molecule has 1 aliphatic carbocycles. The summed E-state index contributed by atoms with van der Waals surface area (Å²) in [6, 6.07) is 14.7. The molecule has 5 nitrogen and oxygen atoms in total. The van der Waals surface area contributed by atoms with Gasteiger partial charge in [-0.3, -0.25) is 4.79 Å². The van der Waals surface area contributed by atoms with Crippen LogP contribution in [0.3, 0.4) is 0 Å². The number of H-pyrrole nitrogens is 1. The average Bonchev–Trinajstić information content (AvgIpc) is 3.52. The Bertz CT molecular complexity index is 1060. The summed E-state index contributed by atoms with van der Waals surface area (Å²) < 4.78 is 5.17. The molecular weight excluding hydrogens is 422 g/mol. The molecule has 3 aromatic rings. The molecule has 0 saturated heterocycles. The number of aromatic nitrogens is 1. The van der Waals surface area contributed by atoms with Crippen molar-refractivity contribution in [2.24, 2.45) is 11.7 Å². The first-order valence-corrected chi connectivity index (χ1v) is 11.8. The van der Waals surface area contributed by atoms with E-state index < -0.39 is 0 Å². The van der Waals surface area contributed by atoms with E-state index in [1.807, 2.05) is 23.2 Å². The lowest BCUT2D eigenvalue weighted by atomic mass is 9.95. The maximum absolute atomic E-state index is 13.6. The highest BCUT2D eigenvalue weighted by molar-refractivity contribution is 6.31. The van der Waals surface area contributed by atoms with Gasteiger partial charge in [-0.2, -0.15) is 0 Å². The molecule has 0 radical (unpaired) electrons. The van der Waals surface area contributed by atoms with E-state index in [0.29, 0.717) is 24.5 Å². The smallest absolute Gasteiger partial charge is 0.227 e. The number of aromatic amines is 1. The number of halogens is 1. The Balaban J connectivity index is 1.51. The third-order valence-corrected chi connectivity index (χ3v) is 6.69. The number of ether oxygens (including phenoxy) is 1. The van der Waals surface area contributed by atoms with Crippen LogP contribution in [0.1, 0.15) is 36.0 Å². The molecule has 1 atom stereocenters. The summed E-state index contributed by atoms with van der Waals surface area (Å²) in [5, 5.41) is 1.86. The average molecular weight is 454 g/mol. The van der Waals surface area contributed by atoms with Gasteiger partial charge in [0.25, 0.3) is 0 Å². The Labute approximate surface area is 194 Å². The standard InChI is InChI=1S/C26H32ClN3O2/c1-32-13-3-4-18-7-10-24(27)21(14-18)17-30(22-8-9-22)26(31)20(16-28)15-19-5-2-6-25-23(19)11-12-29-25/h2,5-7,10-12,14,20,22,29H,3-4,8-9,13,15-17,28H2,1H3. The highest BCUT2D eigenvalue weighted by Crippen LogP contribution is 2.32. The van der Waals surface area contributed by atoms with Crippen LogP contribution in [-0.4, -0.2) is 42.1 Å². The van der Waals surface area contributed by atoms with E-state index in [-0.39, 0.29) is 17.9 Å². The van der Waals surface area contributed by atoms with Gasteiger partial charge in [-0.05, 0) is 67.0 Å². The number of methoxy groups -OCH3 is 1. The first-order valence-electron chi connectivity index (χ1n) is 11.4. The fraction of sp³-hybridized carbons (Fsp3) is 0.423. The van der Waals surface area contributed by atoms with E-state index in [1.165, 1.54) is 5.56 Å². The zero-order valence-electron chi connectivity index (χ0n) is 18.6. The number of hydrogen-bond acceptors (Lipinski definition) is 3. The van der Waals surface area contributed by atoms with Gasteiger partial charge in [-0.25, -0.2) is 0 Å². The number of hydrogen-bond donors (Lipinski definition) is 2. The maximum atomic E-state index is 13.6. The van der Waals surface area contributed by atoms with Crippen LogP contribution in [0.2, 0.25) is 5.02 Å². The van der Waals surface area contributed by atoms with E-state index in [9.17, 15) is 4.79 Å². The van der Waals surface area contributed by atoms with Crippen LogP contribution in [-0.2, 0) is 28.9 Å². The van der Waals surface area contributed by atoms with Gasteiger partial charge in [0.1, 0.15) is 0 Å². The third kappa shape index (κ3) is 5.34. The molecule has 6 heteroatoms. The van der Waals surface area contributed by atoms with Crippen LogP contribution in [0.15, 0.2) is 48.7 Å². The Kier molecular flexibility index (Phi) is 7.51. The number of benzene rings is 2. The van der Waals surface area contributed by atoms with Gasteiger partial charge in [-0.1, -0.05) is 35.9 Å². The molecule has 1 aliphatic rings. The van der Waals surface area contributed by atoms with Crippen LogP contribution in [0.25, 0.3) is 10.9 Å². The van der Waals surface area contributed by atoms with Crippen molar-refractivity contribution in [3.8, 4) is 0 Å². The molecule has 1 fully saturated rings. The number of rotatable bonds is 11. The molecule has 1 saturated carbocycles. The third-order valence-electron chi connectivity index (χ3n) is 6.32. The second kappa shape index (κ2) is 10.5. The molecule has 2 aromatic carbocycles. The van der Waals surface area contributed by atoms with Crippen LogP contribution < -0.4 is 5.73 Å². The van der Waals surface area contributed by atoms with Gasteiger partial charge < -0.3 is 20.4 Å². The van der Waals surface area contributed by atoms with E-state index in [2.05, 4.69) is 35.3 Å². The topological polar surface area (TPSA) is 71.3 Å². The molecular formula is C26H32ClN3O2. The number of nitrogens with zero attached hydrogens (tertiary/aromatic N) is 1. The monoisotopic (exact) mass is 453 g/mol. The van der Waals surface area contributed by atoms with Crippen molar-refractivity contribution in [1.29, 1.82) is 0 Å². The molecule has 170 valence electrons. The van der Waals surface area contributed by atoms with Gasteiger partial charge in [0.2, 0.25) is 5.91 Å². The fourth-order valence-electron chi connectivity index (χ4n) is 4.38. The molecule has 3 N–H and O–H groups in total. The Morgan fingerprint density at radius 2 is 2.09 bits per heavy atom. The Morgan fingerprint density at radius 1 is 1.25 bits per heavy atom. The van der Waals surface area contributed by atoms with E-state index >= 15 is 0 Å². The lowest BCUT2D eigenvalue weighted by Crippen LogP contribution is -2.41. The van der Waals surface area contributed by atoms with Gasteiger partial charge >= 0.3 is 0 Å². The minimum Gasteiger partial charge on any atom is -0.385 e. The molecule has 1 aromatic heterocycles. The van der Waals surface area contributed by atoms with Gasteiger partial charge in [-0.15, -0.1) is 0 Å². The predicted molar refractivity (Wildman–Crippen MR) is 130 cm³/mol. The molecule has 1 heterocycles. The Hall–Kier alpha value is -2.34. The zero-order valence-corrected chi connectivity index (χ0v) is 19.4. The lowest BCUT2D eigenvalue weighted by molar-refractivity contribution is -0.136. The number of fused-ring (bicyclic) bond motifs is 1. The van der Waals surface area contributed by atoms with Gasteiger partial charge in [0, 0.05) is 55.0 Å². The number of amides is 1. The molecule has 1 amide bonds. The van der Waals surface area contributed by atoms with Crippen molar-refractivity contribution < 1.29 is 9.53 Å². The minimum atomic E-state index is -0.250. The number of aryl methyl sites for hydroxylation is 1. The zero-order chi connectivity index (χ0) is 22.5. The largest absolute Gasteiger partial charge is 0.385 e. The summed E-state index contributed by atoms with van der Waals surface area (Å²) in [5.74, 6) is -0.122. The van der Waals surface area contributed by atoms with E-state index in [1.54, 1.807) is 7.11 Å². The SMILES string of the molecule is COCCCc1ccc(Cl)c(CN(C(=O)C(CN)Cc2cccc3[nH]ccc23)C2CC2)c1. The first-order chi connectivity index (χ1) is 15.6. The van der Waals surface area contributed by atoms with Crippen molar-refractivity contribution in [2.45, 2.75) is 44.7 Å². The fourth-order valence-corrected chi connectivity index (χ4v) is 4.56. The number of nitrogens with one attached hydrogen (secondary N) is 1. The van der Waals surface area contributed by atoms with Crippen molar-refractivity contribution in [2.75, 3.05) is 20.3 Å². The minimum absolute atomic E-state index is 0.128. The van der Waals surface area contributed by atoms with Crippen molar-refractivity contribution in [1.82, 2.24) is 9.88 Å². The predicted octanol–water partition coefficient (Wildman–Crippen LogP) is 4.71.